The van der Waals surface area contributed by atoms with Crippen molar-refractivity contribution in [3.63, 3.8) is 0 Å². The Bertz CT molecular complexity index is 785. The van der Waals surface area contributed by atoms with Crippen molar-refractivity contribution in [1.82, 2.24) is 0 Å². The highest BCUT2D eigenvalue weighted by molar-refractivity contribution is 7.93. The highest BCUT2D eigenvalue weighted by atomic mass is 32.2. The van der Waals surface area contributed by atoms with Crippen LogP contribution in [0.5, 0.6) is 0 Å². The summed E-state index contributed by atoms with van der Waals surface area (Å²) in [5.74, 6) is 0. The zero-order valence-corrected chi connectivity index (χ0v) is 12.9. The molecular weight excluding hydrogens is 284 g/mol. The fourth-order valence-corrected chi connectivity index (χ4v) is 4.40. The molecule has 0 aliphatic carbocycles. The molecule has 1 aliphatic heterocycles. The molecule has 2 aromatic rings. The van der Waals surface area contributed by atoms with Crippen LogP contribution in [-0.4, -0.2) is 21.5 Å². The van der Waals surface area contributed by atoms with E-state index in [1.165, 1.54) is 4.31 Å². The molecule has 2 aromatic carbocycles. The lowest BCUT2D eigenvalue weighted by Gasteiger charge is -2.31. The second-order valence-corrected chi connectivity index (χ2v) is 7.12. The molecule has 0 aromatic heterocycles. The number of hydrogen-bond acceptors (Lipinski definition) is 3. The van der Waals surface area contributed by atoms with E-state index in [0.29, 0.717) is 23.7 Å². The topological polar surface area (TPSA) is 49.4 Å². The van der Waals surface area contributed by atoms with Gasteiger partial charge in [0.05, 0.1) is 22.8 Å². The number of nitrogens with one attached hydrogen (secondary N) is 1. The summed E-state index contributed by atoms with van der Waals surface area (Å²) in [6.45, 7) is 4.79. The standard InChI is InChI=1S/C16H18N2O2S/c1-12-7-8-13(2)16(11-12)21(19,20)18-10-9-17-14-5-3-4-6-15(14)18/h3-8,11,17H,9-10H2,1-2H3. The number of nitrogens with zero attached hydrogens (tertiary/aromatic N) is 1. The van der Waals surface area contributed by atoms with Gasteiger partial charge >= 0.3 is 0 Å². The number of fused-ring (bicyclic) bond motifs is 1. The predicted octanol–water partition coefficient (Wildman–Crippen LogP) is 2.92. The molecule has 1 aliphatic rings. The van der Waals surface area contributed by atoms with Gasteiger partial charge in [-0.1, -0.05) is 24.3 Å². The van der Waals surface area contributed by atoms with Gasteiger partial charge in [0.2, 0.25) is 0 Å². The molecule has 0 bridgehead atoms. The van der Waals surface area contributed by atoms with Gasteiger partial charge in [-0.3, -0.25) is 4.31 Å². The van der Waals surface area contributed by atoms with E-state index in [4.69, 9.17) is 0 Å². The molecule has 5 heteroatoms. The van der Waals surface area contributed by atoms with E-state index < -0.39 is 10.0 Å². The third-order valence-corrected chi connectivity index (χ3v) is 5.67. The first-order valence-electron chi connectivity index (χ1n) is 6.93. The molecule has 3 rings (SSSR count). The molecule has 0 saturated carbocycles. The van der Waals surface area contributed by atoms with Crippen LogP contribution in [0.4, 0.5) is 11.4 Å². The lowest BCUT2D eigenvalue weighted by Crippen LogP contribution is -2.39. The van der Waals surface area contributed by atoms with Crippen LogP contribution in [0.3, 0.4) is 0 Å². The smallest absolute Gasteiger partial charge is 0.264 e. The number of aryl methyl sites for hydroxylation is 2. The largest absolute Gasteiger partial charge is 0.382 e. The fraction of sp³-hybridized carbons (Fsp3) is 0.250. The van der Waals surface area contributed by atoms with Crippen molar-refractivity contribution in [3.8, 4) is 0 Å². The van der Waals surface area contributed by atoms with Gasteiger partial charge in [0.15, 0.2) is 0 Å². The van der Waals surface area contributed by atoms with Crippen molar-refractivity contribution in [1.29, 1.82) is 0 Å². The molecule has 1 N–H and O–H groups in total. The first-order valence-corrected chi connectivity index (χ1v) is 8.37. The molecular formula is C16H18N2O2S. The Morgan fingerprint density at radius 2 is 1.86 bits per heavy atom. The second-order valence-electron chi connectivity index (χ2n) is 5.29. The van der Waals surface area contributed by atoms with Gasteiger partial charge in [-0.25, -0.2) is 8.42 Å². The van der Waals surface area contributed by atoms with Gasteiger partial charge < -0.3 is 5.32 Å². The van der Waals surface area contributed by atoms with Crippen molar-refractivity contribution in [2.24, 2.45) is 0 Å². The zero-order valence-electron chi connectivity index (χ0n) is 12.1. The summed E-state index contributed by atoms with van der Waals surface area (Å²) in [6.07, 6.45) is 0. The third kappa shape index (κ3) is 2.38. The molecule has 1 heterocycles. The SMILES string of the molecule is Cc1ccc(C)c(S(=O)(=O)N2CCNc3ccccc32)c1. The predicted molar refractivity (Wildman–Crippen MR) is 85.4 cm³/mol. The summed E-state index contributed by atoms with van der Waals surface area (Å²) in [5, 5.41) is 3.24. The van der Waals surface area contributed by atoms with Gasteiger partial charge in [0.25, 0.3) is 10.0 Å². The number of rotatable bonds is 2. The molecule has 4 nitrogen and oxygen atoms in total. The minimum Gasteiger partial charge on any atom is -0.382 e. The highest BCUT2D eigenvalue weighted by Gasteiger charge is 2.29. The molecule has 0 radical (unpaired) electrons. The molecule has 110 valence electrons. The zero-order chi connectivity index (χ0) is 15.0. The summed E-state index contributed by atoms with van der Waals surface area (Å²) in [4.78, 5) is 0.388. The van der Waals surface area contributed by atoms with E-state index in [-0.39, 0.29) is 0 Å². The average Bonchev–Trinajstić information content (AvgIpc) is 2.49. The second kappa shape index (κ2) is 5.07. The lowest BCUT2D eigenvalue weighted by atomic mass is 10.2. The van der Waals surface area contributed by atoms with Gasteiger partial charge in [-0.05, 0) is 43.2 Å². The van der Waals surface area contributed by atoms with E-state index in [0.717, 1.165) is 16.8 Å². The maximum Gasteiger partial charge on any atom is 0.264 e. The van der Waals surface area contributed by atoms with Gasteiger partial charge in [0, 0.05) is 6.54 Å². The van der Waals surface area contributed by atoms with E-state index in [1.807, 2.05) is 50.2 Å². The van der Waals surface area contributed by atoms with Crippen molar-refractivity contribution in [2.75, 3.05) is 22.7 Å². The first kappa shape index (κ1) is 13.9. The van der Waals surface area contributed by atoms with Crippen LogP contribution in [0.2, 0.25) is 0 Å². The monoisotopic (exact) mass is 302 g/mol. The van der Waals surface area contributed by atoms with Crippen molar-refractivity contribution >= 4 is 21.4 Å². The molecule has 0 atom stereocenters. The van der Waals surface area contributed by atoms with E-state index in [2.05, 4.69) is 5.32 Å². The van der Waals surface area contributed by atoms with Crippen LogP contribution in [0.15, 0.2) is 47.4 Å². The number of hydrogen-bond donors (Lipinski definition) is 1. The van der Waals surface area contributed by atoms with Crippen molar-refractivity contribution < 1.29 is 8.42 Å². The summed E-state index contributed by atoms with van der Waals surface area (Å²) in [6, 6.07) is 13.0. The van der Waals surface area contributed by atoms with Crippen molar-refractivity contribution in [2.45, 2.75) is 18.7 Å². The van der Waals surface area contributed by atoms with Gasteiger partial charge in [0.1, 0.15) is 0 Å². The number of para-hydroxylation sites is 2. The molecule has 0 amide bonds. The Morgan fingerprint density at radius 1 is 1.10 bits per heavy atom. The van der Waals surface area contributed by atoms with E-state index in [1.54, 1.807) is 6.07 Å². The Labute approximate surface area is 125 Å². The third-order valence-electron chi connectivity index (χ3n) is 3.71. The summed E-state index contributed by atoms with van der Waals surface area (Å²) < 4.78 is 27.5. The first-order chi connectivity index (χ1) is 10.00. The quantitative estimate of drug-likeness (QED) is 0.928. The number of benzene rings is 2. The lowest BCUT2D eigenvalue weighted by molar-refractivity contribution is 0.590. The Balaban J connectivity index is 2.14. The Kier molecular flexibility index (Phi) is 3.37. The average molecular weight is 302 g/mol. The van der Waals surface area contributed by atoms with Crippen LogP contribution < -0.4 is 9.62 Å². The minimum atomic E-state index is -3.54. The minimum absolute atomic E-state index is 0.388. The summed E-state index contributed by atoms with van der Waals surface area (Å²) >= 11 is 0. The molecule has 0 unspecified atom stereocenters. The van der Waals surface area contributed by atoms with Gasteiger partial charge in [-0.15, -0.1) is 0 Å². The van der Waals surface area contributed by atoms with Crippen LogP contribution >= 0.6 is 0 Å². The van der Waals surface area contributed by atoms with Crippen LogP contribution in [-0.2, 0) is 10.0 Å². The van der Waals surface area contributed by atoms with E-state index in [9.17, 15) is 8.42 Å². The molecule has 21 heavy (non-hydrogen) atoms. The van der Waals surface area contributed by atoms with Crippen LogP contribution in [0.1, 0.15) is 11.1 Å². The van der Waals surface area contributed by atoms with Crippen LogP contribution in [0, 0.1) is 13.8 Å². The summed E-state index contributed by atoms with van der Waals surface area (Å²) in [5.41, 5.74) is 3.29. The molecule has 0 fully saturated rings. The highest BCUT2D eigenvalue weighted by Crippen LogP contribution is 2.33. The Morgan fingerprint density at radius 3 is 2.67 bits per heavy atom. The maximum absolute atomic E-state index is 13.0. The Hall–Kier alpha value is -2.01. The van der Waals surface area contributed by atoms with Crippen molar-refractivity contribution in [3.05, 3.63) is 53.6 Å². The molecule has 0 spiro atoms. The maximum atomic E-state index is 13.0. The summed E-state index contributed by atoms with van der Waals surface area (Å²) in [7, 11) is -3.54. The number of sulfonamides is 1. The molecule has 0 saturated heterocycles. The van der Waals surface area contributed by atoms with E-state index >= 15 is 0 Å². The fourth-order valence-electron chi connectivity index (χ4n) is 2.61. The van der Waals surface area contributed by atoms with Crippen LogP contribution in [0.25, 0.3) is 0 Å². The van der Waals surface area contributed by atoms with Gasteiger partial charge in [-0.2, -0.15) is 0 Å². The normalized spacial score (nSPS) is 14.5. The number of anilines is 2.